The highest BCUT2D eigenvalue weighted by molar-refractivity contribution is 7.99. The van der Waals surface area contributed by atoms with Gasteiger partial charge in [-0.2, -0.15) is 0 Å². The van der Waals surface area contributed by atoms with Crippen LogP contribution in [0, 0.1) is 0 Å². The Kier molecular flexibility index (Phi) is 6.44. The molecule has 0 unspecified atom stereocenters. The Hall–Kier alpha value is -3.13. The van der Waals surface area contributed by atoms with Crippen LogP contribution in [0.1, 0.15) is 20.7 Å². The Balaban J connectivity index is 1.37. The molecule has 0 saturated heterocycles. The number of thioether (sulfide) groups is 1. The Morgan fingerprint density at radius 2 is 1.54 bits per heavy atom. The molecule has 3 rings (SSSR count). The van der Waals surface area contributed by atoms with Crippen molar-refractivity contribution in [3.8, 4) is 0 Å². The Labute approximate surface area is 166 Å². The van der Waals surface area contributed by atoms with Crippen molar-refractivity contribution in [1.29, 1.82) is 0 Å². The molecule has 2 aromatic carbocycles. The molecule has 0 saturated carbocycles. The van der Waals surface area contributed by atoms with Gasteiger partial charge in [-0.05, 0) is 24.3 Å². The fourth-order valence-corrected chi connectivity index (χ4v) is 3.42. The lowest BCUT2D eigenvalue weighted by Gasteiger charge is -2.13. The van der Waals surface area contributed by atoms with Crippen LogP contribution in [0.4, 0.5) is 0 Å². The zero-order valence-corrected chi connectivity index (χ0v) is 15.7. The number of nitrogens with one attached hydrogen (secondary N) is 1. The molecule has 1 N–H and O–H groups in total. The molecule has 8 heteroatoms. The van der Waals surface area contributed by atoms with E-state index in [-0.39, 0.29) is 11.1 Å². The number of carbonyl (C=O) groups is 4. The monoisotopic (exact) mass is 398 g/mol. The molecule has 1 aliphatic heterocycles. The molecule has 2 aromatic rings. The predicted molar refractivity (Wildman–Crippen MR) is 103 cm³/mol. The van der Waals surface area contributed by atoms with E-state index >= 15 is 0 Å². The third-order valence-corrected chi connectivity index (χ3v) is 4.98. The van der Waals surface area contributed by atoms with Gasteiger partial charge in [-0.1, -0.05) is 30.3 Å². The maximum absolute atomic E-state index is 12.2. The van der Waals surface area contributed by atoms with Crippen LogP contribution in [-0.4, -0.2) is 54.0 Å². The van der Waals surface area contributed by atoms with Gasteiger partial charge in [0, 0.05) is 17.2 Å². The molecular formula is C20H18N2O5S. The maximum Gasteiger partial charge on any atom is 0.326 e. The standard InChI is InChI=1S/C20H18N2O5S/c23-17(21-10-11-28-14-6-2-1-3-7-14)13-27-18(24)12-22-19(25)15-8-4-5-9-16(15)20(22)26/h1-9H,10-13H2,(H,21,23). The minimum Gasteiger partial charge on any atom is -0.454 e. The molecule has 0 aromatic heterocycles. The summed E-state index contributed by atoms with van der Waals surface area (Å²) in [6.45, 7) is -0.560. The van der Waals surface area contributed by atoms with E-state index < -0.39 is 36.8 Å². The number of fused-ring (bicyclic) bond motifs is 1. The Bertz CT molecular complexity index is 865. The summed E-state index contributed by atoms with van der Waals surface area (Å²) in [4.78, 5) is 50.0. The van der Waals surface area contributed by atoms with Crippen LogP contribution in [0.25, 0.3) is 0 Å². The van der Waals surface area contributed by atoms with Crippen molar-refractivity contribution < 1.29 is 23.9 Å². The molecule has 1 heterocycles. The fourth-order valence-electron chi connectivity index (χ4n) is 2.63. The van der Waals surface area contributed by atoms with Crippen LogP contribution in [0.5, 0.6) is 0 Å². The zero-order valence-electron chi connectivity index (χ0n) is 14.9. The highest BCUT2D eigenvalue weighted by Gasteiger charge is 2.36. The van der Waals surface area contributed by atoms with Crippen LogP contribution in [-0.2, 0) is 14.3 Å². The largest absolute Gasteiger partial charge is 0.454 e. The molecule has 0 spiro atoms. The van der Waals surface area contributed by atoms with Crippen molar-refractivity contribution in [3.63, 3.8) is 0 Å². The molecule has 0 fully saturated rings. The number of hydrogen-bond donors (Lipinski definition) is 1. The third-order valence-electron chi connectivity index (χ3n) is 3.97. The normalized spacial score (nSPS) is 12.6. The van der Waals surface area contributed by atoms with Gasteiger partial charge in [-0.3, -0.25) is 24.1 Å². The van der Waals surface area contributed by atoms with Crippen molar-refractivity contribution in [3.05, 3.63) is 65.7 Å². The van der Waals surface area contributed by atoms with E-state index in [4.69, 9.17) is 4.74 Å². The molecule has 7 nitrogen and oxygen atoms in total. The van der Waals surface area contributed by atoms with Crippen LogP contribution in [0.3, 0.4) is 0 Å². The number of amides is 3. The summed E-state index contributed by atoms with van der Waals surface area (Å²) in [7, 11) is 0. The van der Waals surface area contributed by atoms with Gasteiger partial charge in [0.25, 0.3) is 17.7 Å². The van der Waals surface area contributed by atoms with Crippen LogP contribution in [0.15, 0.2) is 59.5 Å². The summed E-state index contributed by atoms with van der Waals surface area (Å²) < 4.78 is 4.87. The second-order valence-electron chi connectivity index (χ2n) is 5.91. The van der Waals surface area contributed by atoms with Crippen molar-refractivity contribution in [2.45, 2.75) is 4.90 Å². The van der Waals surface area contributed by atoms with Crippen molar-refractivity contribution in [2.24, 2.45) is 0 Å². The molecular weight excluding hydrogens is 380 g/mol. The summed E-state index contributed by atoms with van der Waals surface area (Å²) in [5.41, 5.74) is 0.517. The molecule has 144 valence electrons. The van der Waals surface area contributed by atoms with Crippen LogP contribution in [0.2, 0.25) is 0 Å². The number of nitrogens with zero attached hydrogens (tertiary/aromatic N) is 1. The number of rotatable bonds is 8. The Morgan fingerprint density at radius 3 is 2.18 bits per heavy atom. The van der Waals surface area contributed by atoms with Gasteiger partial charge in [-0.15, -0.1) is 11.8 Å². The first-order valence-electron chi connectivity index (χ1n) is 8.61. The summed E-state index contributed by atoms with van der Waals surface area (Å²) >= 11 is 1.60. The second kappa shape index (κ2) is 9.18. The first kappa shape index (κ1) is 19.6. The second-order valence-corrected chi connectivity index (χ2v) is 7.08. The molecule has 1 aliphatic rings. The minimum atomic E-state index is -0.816. The van der Waals surface area contributed by atoms with E-state index in [1.165, 1.54) is 12.1 Å². The van der Waals surface area contributed by atoms with Gasteiger partial charge in [0.1, 0.15) is 6.54 Å². The van der Waals surface area contributed by atoms with Crippen LogP contribution >= 0.6 is 11.8 Å². The van der Waals surface area contributed by atoms with Crippen molar-refractivity contribution in [1.82, 2.24) is 10.2 Å². The Morgan fingerprint density at radius 1 is 0.929 bits per heavy atom. The minimum absolute atomic E-state index is 0.258. The smallest absolute Gasteiger partial charge is 0.326 e. The molecule has 3 amide bonds. The topological polar surface area (TPSA) is 92.8 Å². The van der Waals surface area contributed by atoms with Gasteiger partial charge in [0.15, 0.2) is 6.61 Å². The van der Waals surface area contributed by atoms with E-state index in [9.17, 15) is 19.2 Å². The highest BCUT2D eigenvalue weighted by Crippen LogP contribution is 2.22. The van der Waals surface area contributed by atoms with E-state index in [2.05, 4.69) is 5.32 Å². The van der Waals surface area contributed by atoms with E-state index in [1.54, 1.807) is 23.9 Å². The van der Waals surface area contributed by atoms with Crippen molar-refractivity contribution >= 4 is 35.5 Å². The van der Waals surface area contributed by atoms with Gasteiger partial charge in [0.05, 0.1) is 11.1 Å². The van der Waals surface area contributed by atoms with Crippen LogP contribution < -0.4 is 5.32 Å². The van der Waals surface area contributed by atoms with Gasteiger partial charge in [0.2, 0.25) is 0 Å². The third kappa shape index (κ3) is 4.77. The number of carbonyl (C=O) groups excluding carboxylic acids is 4. The summed E-state index contributed by atoms with van der Waals surface area (Å²) in [5, 5.41) is 2.65. The number of imide groups is 1. The summed E-state index contributed by atoms with van der Waals surface area (Å²) in [5.74, 6) is -1.66. The lowest BCUT2D eigenvalue weighted by molar-refractivity contribution is -0.148. The van der Waals surface area contributed by atoms with E-state index in [1.807, 2.05) is 30.3 Å². The number of benzene rings is 2. The predicted octanol–water partition coefficient (Wildman–Crippen LogP) is 1.73. The first-order chi connectivity index (χ1) is 13.6. The average molecular weight is 398 g/mol. The summed E-state index contributed by atoms with van der Waals surface area (Å²) in [6, 6.07) is 16.1. The molecule has 0 atom stereocenters. The quantitative estimate of drug-likeness (QED) is 0.315. The molecule has 28 heavy (non-hydrogen) atoms. The zero-order chi connectivity index (χ0) is 19.9. The molecule has 0 radical (unpaired) electrons. The van der Waals surface area contributed by atoms with Crippen molar-refractivity contribution in [2.75, 3.05) is 25.4 Å². The van der Waals surface area contributed by atoms with E-state index in [0.29, 0.717) is 12.3 Å². The lowest BCUT2D eigenvalue weighted by atomic mass is 10.1. The van der Waals surface area contributed by atoms with Gasteiger partial charge >= 0.3 is 5.97 Å². The maximum atomic E-state index is 12.2. The number of ether oxygens (including phenoxy) is 1. The number of esters is 1. The van der Waals surface area contributed by atoms with E-state index in [0.717, 1.165) is 9.80 Å². The van der Waals surface area contributed by atoms with Gasteiger partial charge in [-0.25, -0.2) is 0 Å². The average Bonchev–Trinajstić information content (AvgIpc) is 2.95. The number of hydrogen-bond acceptors (Lipinski definition) is 6. The highest BCUT2D eigenvalue weighted by atomic mass is 32.2. The fraction of sp³-hybridized carbons (Fsp3) is 0.200. The molecule has 0 bridgehead atoms. The SMILES string of the molecule is O=C(COC(=O)CN1C(=O)c2ccccc2C1=O)NCCSc1ccccc1. The lowest BCUT2D eigenvalue weighted by Crippen LogP contribution is -2.37. The summed E-state index contributed by atoms with van der Waals surface area (Å²) in [6.07, 6.45) is 0. The van der Waals surface area contributed by atoms with Gasteiger partial charge < -0.3 is 10.1 Å². The molecule has 0 aliphatic carbocycles. The first-order valence-corrected chi connectivity index (χ1v) is 9.60.